The van der Waals surface area contributed by atoms with Crippen LogP contribution in [0.15, 0.2) is 0 Å². The fraction of sp³-hybridized carbons (Fsp3) is 1.00. The van der Waals surface area contributed by atoms with Gasteiger partial charge in [-0.1, -0.05) is 0 Å². The first-order valence-electron chi connectivity index (χ1n) is 2.28. The standard InChI is InChI=1S/C4H9NO.Mg.2H/c1-3-6-4-2-5-1;;;/h5H,1-4H2;;;/q;+2;2*-1. The van der Waals surface area contributed by atoms with Gasteiger partial charge in [-0.15, -0.1) is 0 Å². The van der Waals surface area contributed by atoms with E-state index in [-0.39, 0.29) is 25.9 Å². The van der Waals surface area contributed by atoms with E-state index in [1.54, 1.807) is 0 Å². The zero-order valence-corrected chi connectivity index (χ0v) is 5.86. The van der Waals surface area contributed by atoms with Crippen LogP contribution in [0.2, 0.25) is 0 Å². The zero-order chi connectivity index (χ0) is 4.24. The normalized spacial score (nSPS) is 20.6. The average Bonchev–Trinajstić information content (AvgIpc) is 1.72. The van der Waals surface area contributed by atoms with E-state index < -0.39 is 0 Å². The molecule has 7 heavy (non-hydrogen) atoms. The first-order chi connectivity index (χ1) is 3.00. The maximum atomic E-state index is 5.01. The van der Waals surface area contributed by atoms with E-state index in [0.717, 1.165) is 26.3 Å². The van der Waals surface area contributed by atoms with Gasteiger partial charge in [-0.05, 0) is 0 Å². The third kappa shape index (κ3) is 3.28. The molecule has 1 aliphatic heterocycles. The van der Waals surface area contributed by atoms with E-state index in [1.165, 1.54) is 0 Å². The summed E-state index contributed by atoms with van der Waals surface area (Å²) in [7, 11) is 0. The summed E-state index contributed by atoms with van der Waals surface area (Å²) in [6.45, 7) is 3.83. The molecular weight excluding hydrogens is 102 g/mol. The molecule has 1 heterocycles. The van der Waals surface area contributed by atoms with Crippen LogP contribution in [0.4, 0.5) is 0 Å². The smallest absolute Gasteiger partial charge is 1.00 e. The van der Waals surface area contributed by atoms with Crippen molar-refractivity contribution in [1.29, 1.82) is 0 Å². The Balaban J connectivity index is -0.000000120. The Morgan fingerprint density at radius 2 is 1.86 bits per heavy atom. The third-order valence-corrected chi connectivity index (χ3v) is 0.846. The van der Waals surface area contributed by atoms with Crippen LogP contribution >= 0.6 is 0 Å². The zero-order valence-electron chi connectivity index (χ0n) is 6.44. The first-order valence-corrected chi connectivity index (χ1v) is 2.28. The molecule has 0 atom stereocenters. The summed E-state index contributed by atoms with van der Waals surface area (Å²) in [5, 5.41) is 3.16. The van der Waals surface area contributed by atoms with Crippen molar-refractivity contribution in [2.75, 3.05) is 26.3 Å². The summed E-state index contributed by atoms with van der Waals surface area (Å²) >= 11 is 0. The van der Waals surface area contributed by atoms with Crippen molar-refractivity contribution in [2.45, 2.75) is 0 Å². The molecule has 1 fully saturated rings. The Morgan fingerprint density at radius 1 is 1.29 bits per heavy atom. The first kappa shape index (κ1) is 7.69. The van der Waals surface area contributed by atoms with Gasteiger partial charge < -0.3 is 12.9 Å². The summed E-state index contributed by atoms with van der Waals surface area (Å²) in [6, 6.07) is 0. The molecule has 0 amide bonds. The largest absolute Gasteiger partial charge is 2.00 e. The summed E-state index contributed by atoms with van der Waals surface area (Å²) in [4.78, 5) is 0. The van der Waals surface area contributed by atoms with Gasteiger partial charge in [0.2, 0.25) is 0 Å². The van der Waals surface area contributed by atoms with Gasteiger partial charge >= 0.3 is 23.1 Å². The van der Waals surface area contributed by atoms with Crippen molar-refractivity contribution >= 4 is 23.1 Å². The maximum Gasteiger partial charge on any atom is 2.00 e. The Hall–Kier alpha value is 0.686. The molecule has 1 N–H and O–H groups in total. The quantitative estimate of drug-likeness (QED) is 0.426. The van der Waals surface area contributed by atoms with Crippen molar-refractivity contribution in [2.24, 2.45) is 0 Å². The Kier molecular flexibility index (Phi) is 5.31. The molecule has 0 bridgehead atoms. The number of hydrogen-bond acceptors (Lipinski definition) is 2. The summed E-state index contributed by atoms with van der Waals surface area (Å²) in [5.41, 5.74) is 0. The van der Waals surface area contributed by atoms with Crippen LogP contribution in [0.1, 0.15) is 2.85 Å². The van der Waals surface area contributed by atoms with E-state index in [0.29, 0.717) is 0 Å². The van der Waals surface area contributed by atoms with Gasteiger partial charge in [-0.2, -0.15) is 0 Å². The van der Waals surface area contributed by atoms with Crippen LogP contribution in [0, 0.1) is 0 Å². The molecule has 1 rings (SSSR count). The number of ether oxygens (including phenoxy) is 1. The molecular formula is C4H11MgNO. The van der Waals surface area contributed by atoms with Crippen molar-refractivity contribution in [3.8, 4) is 0 Å². The molecule has 0 aromatic heterocycles. The molecule has 0 saturated carbocycles. The summed E-state index contributed by atoms with van der Waals surface area (Å²) in [6.07, 6.45) is 0. The van der Waals surface area contributed by atoms with Crippen molar-refractivity contribution in [1.82, 2.24) is 5.32 Å². The number of nitrogens with one attached hydrogen (secondary N) is 1. The minimum Gasteiger partial charge on any atom is -1.00 e. The summed E-state index contributed by atoms with van der Waals surface area (Å²) < 4.78 is 5.01. The van der Waals surface area contributed by atoms with E-state index in [1.807, 2.05) is 0 Å². The fourth-order valence-corrected chi connectivity index (χ4v) is 0.516. The minimum absolute atomic E-state index is 0. The molecule has 0 radical (unpaired) electrons. The molecule has 0 aromatic carbocycles. The molecule has 1 aliphatic rings. The van der Waals surface area contributed by atoms with Gasteiger partial charge in [0.05, 0.1) is 13.2 Å². The second-order valence-electron chi connectivity index (χ2n) is 1.36. The third-order valence-electron chi connectivity index (χ3n) is 0.846. The van der Waals surface area contributed by atoms with Gasteiger partial charge in [-0.3, -0.25) is 0 Å². The second-order valence-corrected chi connectivity index (χ2v) is 1.36. The van der Waals surface area contributed by atoms with Gasteiger partial charge in [0.1, 0.15) is 0 Å². The number of rotatable bonds is 0. The molecule has 0 spiro atoms. The van der Waals surface area contributed by atoms with Crippen LogP contribution in [0.25, 0.3) is 0 Å². The van der Waals surface area contributed by atoms with Gasteiger partial charge in [0.15, 0.2) is 0 Å². The van der Waals surface area contributed by atoms with Crippen molar-refractivity contribution in [3.63, 3.8) is 0 Å². The van der Waals surface area contributed by atoms with Crippen LogP contribution in [-0.4, -0.2) is 49.4 Å². The van der Waals surface area contributed by atoms with Gasteiger partial charge in [-0.25, -0.2) is 0 Å². The van der Waals surface area contributed by atoms with Crippen molar-refractivity contribution in [3.05, 3.63) is 0 Å². The van der Waals surface area contributed by atoms with E-state index in [9.17, 15) is 0 Å². The molecule has 3 heteroatoms. The monoisotopic (exact) mass is 113 g/mol. The predicted octanol–water partition coefficient (Wildman–Crippen LogP) is -0.550. The van der Waals surface area contributed by atoms with E-state index in [4.69, 9.17) is 4.74 Å². The molecule has 0 aliphatic carbocycles. The van der Waals surface area contributed by atoms with Crippen LogP contribution < -0.4 is 5.32 Å². The molecule has 40 valence electrons. The second kappa shape index (κ2) is 4.84. The maximum absolute atomic E-state index is 5.01. The van der Waals surface area contributed by atoms with Crippen molar-refractivity contribution < 1.29 is 7.59 Å². The van der Waals surface area contributed by atoms with E-state index >= 15 is 0 Å². The molecule has 0 unspecified atom stereocenters. The Bertz CT molecular complexity index is 34.0. The Labute approximate surface area is 62.7 Å². The van der Waals surface area contributed by atoms with Crippen LogP contribution in [-0.2, 0) is 4.74 Å². The fourth-order valence-electron chi connectivity index (χ4n) is 0.516. The number of hydrogen-bond donors (Lipinski definition) is 1. The molecule has 2 nitrogen and oxygen atoms in total. The summed E-state index contributed by atoms with van der Waals surface area (Å²) in [5.74, 6) is 0. The predicted molar refractivity (Wildman–Crippen MR) is 31.7 cm³/mol. The van der Waals surface area contributed by atoms with Gasteiger partial charge in [0, 0.05) is 13.1 Å². The van der Waals surface area contributed by atoms with Gasteiger partial charge in [0.25, 0.3) is 0 Å². The number of morpholine rings is 1. The van der Waals surface area contributed by atoms with Crippen LogP contribution in [0.3, 0.4) is 0 Å². The Morgan fingerprint density at radius 3 is 2.00 bits per heavy atom. The average molecular weight is 113 g/mol. The van der Waals surface area contributed by atoms with E-state index in [2.05, 4.69) is 5.32 Å². The topological polar surface area (TPSA) is 21.3 Å². The van der Waals surface area contributed by atoms with Crippen LogP contribution in [0.5, 0.6) is 0 Å². The molecule has 0 aromatic rings. The molecule has 1 saturated heterocycles. The minimum atomic E-state index is 0. The SMILES string of the molecule is C1COCCN1.[H-].[H-].[Mg+2].